The second kappa shape index (κ2) is 6.49. The van der Waals surface area contributed by atoms with E-state index in [4.69, 9.17) is 5.11 Å². The van der Waals surface area contributed by atoms with E-state index in [-0.39, 0.29) is 12.0 Å². The zero-order valence-corrected chi connectivity index (χ0v) is 12.4. The van der Waals surface area contributed by atoms with Crippen LogP contribution in [0.2, 0.25) is 0 Å². The molecule has 0 spiro atoms. The predicted molar refractivity (Wildman–Crippen MR) is 79.8 cm³/mol. The van der Waals surface area contributed by atoms with Gasteiger partial charge < -0.3 is 10.4 Å². The Morgan fingerprint density at radius 3 is 2.62 bits per heavy atom. The van der Waals surface area contributed by atoms with Crippen LogP contribution in [0.3, 0.4) is 0 Å². The number of nitrogens with one attached hydrogen (secondary N) is 1. The van der Waals surface area contributed by atoms with E-state index in [1.165, 1.54) is 18.2 Å². The number of carboxylic acids is 1. The standard InChI is InChI=1S/C15H11BrFNO3/c16-10-5-6-12(17)11(8-10)15(21)18-13-4-2-1-3-9(13)7-14(19)20/h1-6,8H,7H2,(H,18,21)(H,19,20). The van der Waals surface area contributed by atoms with Crippen molar-refractivity contribution in [3.05, 3.63) is 63.9 Å². The maximum atomic E-state index is 13.7. The molecule has 0 atom stereocenters. The lowest BCUT2D eigenvalue weighted by Crippen LogP contribution is -2.15. The molecular formula is C15H11BrFNO3. The lowest BCUT2D eigenvalue weighted by Gasteiger charge is -2.10. The summed E-state index contributed by atoms with van der Waals surface area (Å²) in [5.41, 5.74) is 0.688. The van der Waals surface area contributed by atoms with Crippen LogP contribution in [0.4, 0.5) is 10.1 Å². The number of aliphatic carboxylic acids is 1. The van der Waals surface area contributed by atoms with Gasteiger partial charge in [-0.2, -0.15) is 0 Å². The van der Waals surface area contributed by atoms with Gasteiger partial charge in [-0.1, -0.05) is 34.1 Å². The third kappa shape index (κ3) is 3.88. The van der Waals surface area contributed by atoms with Gasteiger partial charge in [-0.15, -0.1) is 0 Å². The van der Waals surface area contributed by atoms with Crippen molar-refractivity contribution >= 4 is 33.5 Å². The Morgan fingerprint density at radius 2 is 1.90 bits per heavy atom. The number of hydrogen-bond acceptors (Lipinski definition) is 2. The van der Waals surface area contributed by atoms with E-state index in [1.54, 1.807) is 24.3 Å². The lowest BCUT2D eigenvalue weighted by atomic mass is 10.1. The minimum atomic E-state index is -1.01. The number of rotatable bonds is 4. The number of benzene rings is 2. The number of hydrogen-bond donors (Lipinski definition) is 2. The molecule has 2 aromatic rings. The Hall–Kier alpha value is -2.21. The molecule has 0 unspecified atom stereocenters. The number of carbonyl (C=O) groups excluding carboxylic acids is 1. The highest BCUT2D eigenvalue weighted by atomic mass is 79.9. The van der Waals surface area contributed by atoms with Gasteiger partial charge in [0.2, 0.25) is 0 Å². The van der Waals surface area contributed by atoms with Gasteiger partial charge >= 0.3 is 5.97 Å². The fourth-order valence-corrected chi connectivity index (χ4v) is 2.18. The number of para-hydroxylation sites is 1. The van der Waals surface area contributed by atoms with Crippen molar-refractivity contribution < 1.29 is 19.1 Å². The quantitative estimate of drug-likeness (QED) is 0.886. The molecular weight excluding hydrogens is 341 g/mol. The number of halogens is 2. The van der Waals surface area contributed by atoms with Gasteiger partial charge in [0, 0.05) is 10.2 Å². The van der Waals surface area contributed by atoms with Gasteiger partial charge in [0.05, 0.1) is 12.0 Å². The van der Waals surface area contributed by atoms with E-state index >= 15 is 0 Å². The van der Waals surface area contributed by atoms with Gasteiger partial charge in [-0.25, -0.2) is 4.39 Å². The van der Waals surface area contributed by atoms with Crippen LogP contribution >= 0.6 is 15.9 Å². The van der Waals surface area contributed by atoms with Crippen molar-refractivity contribution in [1.82, 2.24) is 0 Å². The summed E-state index contributed by atoms with van der Waals surface area (Å²) in [4.78, 5) is 22.9. The molecule has 4 nitrogen and oxygen atoms in total. The zero-order chi connectivity index (χ0) is 15.4. The Balaban J connectivity index is 2.27. The molecule has 0 aliphatic carbocycles. The molecule has 0 aromatic heterocycles. The first kappa shape index (κ1) is 15.2. The first-order valence-electron chi connectivity index (χ1n) is 6.03. The highest BCUT2D eigenvalue weighted by Gasteiger charge is 2.14. The molecule has 0 fully saturated rings. The molecule has 0 saturated heterocycles. The average molecular weight is 352 g/mol. The number of anilines is 1. The van der Waals surface area contributed by atoms with Crippen LogP contribution in [-0.4, -0.2) is 17.0 Å². The third-order valence-electron chi connectivity index (χ3n) is 2.78. The SMILES string of the molecule is O=C(O)Cc1ccccc1NC(=O)c1cc(Br)ccc1F. The minimum absolute atomic E-state index is 0.116. The van der Waals surface area contributed by atoms with E-state index in [1.807, 2.05) is 0 Å². The molecule has 0 saturated carbocycles. The van der Waals surface area contributed by atoms with E-state index in [9.17, 15) is 14.0 Å². The summed E-state index contributed by atoms with van der Waals surface area (Å²) in [7, 11) is 0. The fraction of sp³-hybridized carbons (Fsp3) is 0.0667. The van der Waals surface area contributed by atoms with E-state index in [2.05, 4.69) is 21.2 Å². The smallest absolute Gasteiger partial charge is 0.307 e. The Kier molecular flexibility index (Phi) is 4.70. The second-order valence-electron chi connectivity index (χ2n) is 4.31. The summed E-state index contributed by atoms with van der Waals surface area (Å²) in [6, 6.07) is 10.6. The van der Waals surface area contributed by atoms with Crippen molar-refractivity contribution in [3.63, 3.8) is 0 Å². The maximum absolute atomic E-state index is 13.7. The first-order valence-corrected chi connectivity index (χ1v) is 6.83. The zero-order valence-electron chi connectivity index (χ0n) is 10.8. The molecule has 2 rings (SSSR count). The maximum Gasteiger partial charge on any atom is 0.307 e. The molecule has 108 valence electrons. The number of carboxylic acid groups (broad SMARTS) is 1. The third-order valence-corrected chi connectivity index (χ3v) is 3.27. The van der Waals surface area contributed by atoms with Crippen molar-refractivity contribution in [2.45, 2.75) is 6.42 Å². The molecule has 2 N–H and O–H groups in total. The summed E-state index contributed by atoms with van der Waals surface area (Å²) < 4.78 is 14.2. The summed E-state index contributed by atoms with van der Waals surface area (Å²) in [6.07, 6.45) is -0.225. The largest absolute Gasteiger partial charge is 0.481 e. The van der Waals surface area contributed by atoms with Crippen LogP contribution in [0, 0.1) is 5.82 Å². The van der Waals surface area contributed by atoms with E-state index in [0.717, 1.165) is 0 Å². The summed E-state index contributed by atoms with van der Waals surface area (Å²) >= 11 is 3.17. The predicted octanol–water partition coefficient (Wildman–Crippen LogP) is 3.47. The van der Waals surface area contributed by atoms with Crippen LogP contribution in [0.1, 0.15) is 15.9 Å². The minimum Gasteiger partial charge on any atom is -0.481 e. The Morgan fingerprint density at radius 1 is 1.19 bits per heavy atom. The van der Waals surface area contributed by atoms with Crippen LogP contribution < -0.4 is 5.32 Å². The van der Waals surface area contributed by atoms with Crippen LogP contribution in [0.15, 0.2) is 46.9 Å². The normalized spacial score (nSPS) is 10.2. The Labute approximate surface area is 128 Å². The molecule has 21 heavy (non-hydrogen) atoms. The molecule has 1 amide bonds. The number of amides is 1. The lowest BCUT2D eigenvalue weighted by molar-refractivity contribution is -0.136. The van der Waals surface area contributed by atoms with Crippen molar-refractivity contribution in [3.8, 4) is 0 Å². The highest BCUT2D eigenvalue weighted by molar-refractivity contribution is 9.10. The molecule has 0 heterocycles. The van der Waals surface area contributed by atoms with Crippen molar-refractivity contribution in [2.75, 3.05) is 5.32 Å². The second-order valence-corrected chi connectivity index (χ2v) is 5.22. The molecule has 0 bridgehead atoms. The monoisotopic (exact) mass is 351 g/mol. The van der Waals surface area contributed by atoms with Gasteiger partial charge in [0.1, 0.15) is 5.82 Å². The van der Waals surface area contributed by atoms with Gasteiger partial charge in [-0.3, -0.25) is 9.59 Å². The van der Waals surface area contributed by atoms with Crippen LogP contribution in [-0.2, 0) is 11.2 Å². The molecule has 6 heteroatoms. The molecule has 0 radical (unpaired) electrons. The molecule has 2 aromatic carbocycles. The summed E-state index contributed by atoms with van der Waals surface area (Å²) in [6.45, 7) is 0. The summed E-state index contributed by atoms with van der Waals surface area (Å²) in [5, 5.41) is 11.4. The van der Waals surface area contributed by atoms with Crippen molar-refractivity contribution in [1.29, 1.82) is 0 Å². The van der Waals surface area contributed by atoms with Crippen LogP contribution in [0.5, 0.6) is 0 Å². The number of carbonyl (C=O) groups is 2. The van der Waals surface area contributed by atoms with Gasteiger partial charge in [-0.05, 0) is 29.8 Å². The molecule has 0 aliphatic heterocycles. The van der Waals surface area contributed by atoms with Crippen LogP contribution in [0.25, 0.3) is 0 Å². The molecule has 0 aliphatic rings. The first-order chi connectivity index (χ1) is 9.97. The summed E-state index contributed by atoms with van der Waals surface area (Å²) in [5.74, 6) is -2.29. The average Bonchev–Trinajstić information content (AvgIpc) is 2.43. The van der Waals surface area contributed by atoms with E-state index in [0.29, 0.717) is 15.7 Å². The van der Waals surface area contributed by atoms with Crippen molar-refractivity contribution in [2.24, 2.45) is 0 Å². The van der Waals surface area contributed by atoms with E-state index < -0.39 is 17.7 Å². The highest BCUT2D eigenvalue weighted by Crippen LogP contribution is 2.20. The fourth-order valence-electron chi connectivity index (χ4n) is 1.82. The van der Waals surface area contributed by atoms with Gasteiger partial charge in [0.15, 0.2) is 0 Å². The van der Waals surface area contributed by atoms with Gasteiger partial charge in [0.25, 0.3) is 5.91 Å². The topological polar surface area (TPSA) is 66.4 Å². The Bertz CT molecular complexity index is 703.